The Kier molecular flexibility index (Phi) is 6.48. The topological polar surface area (TPSA) is 77.7 Å². The van der Waals surface area contributed by atoms with Crippen molar-refractivity contribution in [3.63, 3.8) is 0 Å². The van der Waals surface area contributed by atoms with Crippen molar-refractivity contribution < 1.29 is 36.2 Å². The molecule has 0 radical (unpaired) electrons. The molecule has 0 amide bonds. The highest BCUT2D eigenvalue weighted by molar-refractivity contribution is 5.86. The van der Waals surface area contributed by atoms with Gasteiger partial charge in [-0.25, -0.2) is 14.2 Å². The van der Waals surface area contributed by atoms with E-state index >= 15 is 0 Å². The van der Waals surface area contributed by atoms with E-state index < -0.39 is 30.0 Å². The first-order valence-electron chi connectivity index (χ1n) is 10.6. The summed E-state index contributed by atoms with van der Waals surface area (Å²) in [5, 5.41) is 0.520. The van der Waals surface area contributed by atoms with Crippen LogP contribution >= 0.6 is 0 Å². The molecule has 0 saturated carbocycles. The number of halogens is 4. The highest BCUT2D eigenvalue weighted by Crippen LogP contribution is 2.36. The van der Waals surface area contributed by atoms with E-state index in [1.807, 2.05) is 4.90 Å². The number of alkyl halides is 3. The van der Waals surface area contributed by atoms with Gasteiger partial charge in [0.1, 0.15) is 5.69 Å². The fourth-order valence-electron chi connectivity index (χ4n) is 4.16. The van der Waals surface area contributed by atoms with Gasteiger partial charge in [0.25, 0.3) is 0 Å². The Bertz CT molecular complexity index is 1190. The van der Waals surface area contributed by atoms with Gasteiger partial charge in [-0.15, -0.1) is 0 Å². The van der Waals surface area contributed by atoms with Crippen molar-refractivity contribution in [3.05, 3.63) is 42.2 Å². The molecule has 34 heavy (non-hydrogen) atoms. The van der Waals surface area contributed by atoms with E-state index in [9.17, 15) is 22.4 Å². The number of hydrogen-bond donors (Lipinski definition) is 0. The molecule has 1 fully saturated rings. The molecule has 0 unspecified atom stereocenters. The van der Waals surface area contributed by atoms with E-state index in [2.05, 4.69) is 9.97 Å². The van der Waals surface area contributed by atoms with E-state index in [1.165, 1.54) is 32.7 Å². The largest absolute Gasteiger partial charge is 0.467 e. The second-order valence-corrected chi connectivity index (χ2v) is 8.12. The lowest BCUT2D eigenvalue weighted by atomic mass is 9.91. The number of ether oxygens (including phenoxy) is 2. The van der Waals surface area contributed by atoms with E-state index in [0.29, 0.717) is 35.6 Å². The van der Waals surface area contributed by atoms with Gasteiger partial charge in [0.2, 0.25) is 0 Å². The van der Waals surface area contributed by atoms with Gasteiger partial charge in [0, 0.05) is 56.6 Å². The standard InChI is InChI=1S/C23H23F4N3O4/c1-32-21(31)22(33-2)6-8-30(9-7-22)20-18(28-13-16(29-20)3-5-23(25,26)27)15-11-14-4-10-34-19(14)17(24)12-15/h4,10-13H,3,5-9H2,1-2H3. The van der Waals surface area contributed by atoms with Gasteiger partial charge in [-0.1, -0.05) is 0 Å². The maximum Gasteiger partial charge on any atom is 0.389 e. The number of piperidine rings is 1. The molecule has 1 aromatic carbocycles. The molecule has 182 valence electrons. The van der Waals surface area contributed by atoms with Crippen LogP contribution in [0.3, 0.4) is 0 Å². The monoisotopic (exact) mass is 481 g/mol. The first kappa shape index (κ1) is 23.9. The van der Waals surface area contributed by atoms with Gasteiger partial charge in [0.05, 0.1) is 19.1 Å². The van der Waals surface area contributed by atoms with Gasteiger partial charge < -0.3 is 18.8 Å². The first-order chi connectivity index (χ1) is 16.2. The molecular formula is C23H23F4N3O4. The van der Waals surface area contributed by atoms with Crippen molar-refractivity contribution in [1.82, 2.24) is 9.97 Å². The molecule has 1 aliphatic heterocycles. The fourth-order valence-corrected chi connectivity index (χ4v) is 4.16. The SMILES string of the molecule is COC(=O)C1(OC)CCN(c2nc(CCC(F)(F)F)cnc2-c2cc(F)c3occc3c2)CC1. The molecule has 1 saturated heterocycles. The molecule has 3 aromatic rings. The molecule has 7 nitrogen and oxygen atoms in total. The van der Waals surface area contributed by atoms with Crippen molar-refractivity contribution in [3.8, 4) is 11.3 Å². The predicted molar refractivity (Wildman–Crippen MR) is 115 cm³/mol. The minimum absolute atomic E-state index is 0.0981. The van der Waals surface area contributed by atoms with Gasteiger partial charge in [0.15, 0.2) is 22.8 Å². The summed E-state index contributed by atoms with van der Waals surface area (Å²) in [5.74, 6) is -0.766. The Labute approximate surface area is 192 Å². The van der Waals surface area contributed by atoms with Crippen molar-refractivity contribution in [2.45, 2.75) is 37.5 Å². The molecule has 1 aliphatic rings. The summed E-state index contributed by atoms with van der Waals surface area (Å²) >= 11 is 0. The van der Waals surface area contributed by atoms with Crippen LogP contribution in [0.1, 0.15) is 25.0 Å². The number of carbonyl (C=O) groups excluding carboxylic acids is 1. The Morgan fingerprint density at radius 2 is 1.97 bits per heavy atom. The van der Waals surface area contributed by atoms with Crippen LogP contribution in [-0.2, 0) is 20.7 Å². The lowest BCUT2D eigenvalue weighted by Gasteiger charge is -2.39. The second-order valence-electron chi connectivity index (χ2n) is 8.12. The van der Waals surface area contributed by atoms with Crippen molar-refractivity contribution in [1.29, 1.82) is 0 Å². The Hall–Kier alpha value is -3.21. The molecule has 0 spiro atoms. The van der Waals surface area contributed by atoms with Crippen LogP contribution in [0.2, 0.25) is 0 Å². The maximum absolute atomic E-state index is 14.6. The number of aromatic nitrogens is 2. The van der Waals surface area contributed by atoms with Crippen LogP contribution in [-0.4, -0.2) is 55.0 Å². The summed E-state index contributed by atoms with van der Waals surface area (Å²) in [6.45, 7) is 0.619. The Morgan fingerprint density at radius 3 is 2.62 bits per heavy atom. The number of rotatable bonds is 6. The molecule has 11 heteroatoms. The summed E-state index contributed by atoms with van der Waals surface area (Å²) in [7, 11) is 2.71. The Morgan fingerprint density at radius 1 is 1.24 bits per heavy atom. The summed E-state index contributed by atoms with van der Waals surface area (Å²) < 4.78 is 68.4. The highest BCUT2D eigenvalue weighted by Gasteiger charge is 2.43. The summed E-state index contributed by atoms with van der Waals surface area (Å²) in [6, 6.07) is 4.55. The zero-order valence-electron chi connectivity index (χ0n) is 18.6. The number of anilines is 1. The second kappa shape index (κ2) is 9.21. The molecule has 2 aromatic heterocycles. The van der Waals surface area contributed by atoms with Crippen molar-refractivity contribution >= 4 is 22.8 Å². The molecule has 0 N–H and O–H groups in total. The molecular weight excluding hydrogens is 458 g/mol. The number of nitrogens with zero attached hydrogens (tertiary/aromatic N) is 3. The van der Waals surface area contributed by atoms with Crippen molar-refractivity contribution in [2.75, 3.05) is 32.2 Å². The van der Waals surface area contributed by atoms with Gasteiger partial charge in [-0.2, -0.15) is 13.2 Å². The van der Waals surface area contributed by atoms with Gasteiger partial charge >= 0.3 is 12.1 Å². The van der Waals surface area contributed by atoms with E-state index in [-0.39, 0.29) is 30.5 Å². The molecule has 0 aliphatic carbocycles. The summed E-state index contributed by atoms with van der Waals surface area (Å²) in [5.41, 5.74) is -0.124. The maximum atomic E-state index is 14.6. The number of benzene rings is 1. The van der Waals surface area contributed by atoms with Gasteiger partial charge in [-0.05, 0) is 24.6 Å². The fraction of sp³-hybridized carbons (Fsp3) is 0.435. The first-order valence-corrected chi connectivity index (χ1v) is 10.6. The molecule has 3 heterocycles. The van der Waals surface area contributed by atoms with Crippen LogP contribution in [0.5, 0.6) is 0 Å². The van der Waals surface area contributed by atoms with Gasteiger partial charge in [-0.3, -0.25) is 4.98 Å². The molecule has 0 bridgehead atoms. The minimum atomic E-state index is -4.33. The minimum Gasteiger partial charge on any atom is -0.467 e. The smallest absolute Gasteiger partial charge is 0.389 e. The third-order valence-corrected chi connectivity index (χ3v) is 6.07. The zero-order chi connectivity index (χ0) is 24.5. The number of carbonyl (C=O) groups is 1. The van der Waals surface area contributed by atoms with Crippen LogP contribution in [0.25, 0.3) is 22.2 Å². The third kappa shape index (κ3) is 4.70. The highest BCUT2D eigenvalue weighted by atomic mass is 19.4. The number of aryl methyl sites for hydroxylation is 1. The number of hydrogen-bond acceptors (Lipinski definition) is 7. The van der Waals surface area contributed by atoms with Crippen LogP contribution in [0.15, 0.2) is 35.1 Å². The lowest BCUT2D eigenvalue weighted by molar-refractivity contribution is -0.168. The van der Waals surface area contributed by atoms with E-state index in [4.69, 9.17) is 13.9 Å². The van der Waals surface area contributed by atoms with Crippen LogP contribution in [0, 0.1) is 5.82 Å². The number of methoxy groups -OCH3 is 2. The zero-order valence-corrected chi connectivity index (χ0v) is 18.6. The number of furan rings is 1. The van der Waals surface area contributed by atoms with E-state index in [0.717, 1.165) is 0 Å². The molecule has 0 atom stereocenters. The average molecular weight is 481 g/mol. The lowest BCUT2D eigenvalue weighted by Crippen LogP contribution is -2.51. The normalized spacial score (nSPS) is 16.1. The predicted octanol–water partition coefficient (Wildman–Crippen LogP) is 4.68. The number of esters is 1. The van der Waals surface area contributed by atoms with Crippen molar-refractivity contribution in [2.24, 2.45) is 0 Å². The quantitative estimate of drug-likeness (QED) is 0.374. The summed E-state index contributed by atoms with van der Waals surface area (Å²) in [6.07, 6.45) is -2.51. The number of fused-ring (bicyclic) bond motifs is 1. The van der Waals surface area contributed by atoms with E-state index in [1.54, 1.807) is 12.1 Å². The van der Waals surface area contributed by atoms with Crippen LogP contribution < -0.4 is 4.90 Å². The third-order valence-electron chi connectivity index (χ3n) is 6.07. The molecule has 4 rings (SSSR count). The summed E-state index contributed by atoms with van der Waals surface area (Å²) in [4.78, 5) is 22.9. The van der Waals surface area contributed by atoms with Crippen LogP contribution in [0.4, 0.5) is 23.4 Å². The Balaban J connectivity index is 1.71. The average Bonchev–Trinajstić information content (AvgIpc) is 3.31.